The van der Waals surface area contributed by atoms with E-state index in [2.05, 4.69) is 4.98 Å². The van der Waals surface area contributed by atoms with Crippen LogP contribution in [0.3, 0.4) is 0 Å². The van der Waals surface area contributed by atoms with Crippen molar-refractivity contribution < 1.29 is 10.2 Å². The van der Waals surface area contributed by atoms with Crippen LogP contribution in [0.1, 0.15) is 43.9 Å². The number of aromatic nitrogens is 1. The molecule has 0 saturated heterocycles. The third-order valence-corrected chi connectivity index (χ3v) is 2.47. The highest BCUT2D eigenvalue weighted by Crippen LogP contribution is 2.18. The maximum absolute atomic E-state index is 9.71. The highest BCUT2D eigenvalue weighted by atomic mass is 16.3. The lowest BCUT2D eigenvalue weighted by molar-refractivity contribution is 0.160. The van der Waals surface area contributed by atoms with Crippen LogP contribution < -0.4 is 0 Å². The van der Waals surface area contributed by atoms with Gasteiger partial charge in [-0.25, -0.2) is 0 Å². The van der Waals surface area contributed by atoms with Crippen molar-refractivity contribution >= 4 is 0 Å². The molecule has 0 saturated carbocycles. The summed E-state index contributed by atoms with van der Waals surface area (Å²) in [6.07, 6.45) is 4.87. The summed E-state index contributed by atoms with van der Waals surface area (Å²) in [7, 11) is 0. The Bertz CT molecular complexity index is 299. The van der Waals surface area contributed by atoms with Gasteiger partial charge in [0.25, 0.3) is 0 Å². The second-order valence-corrected chi connectivity index (χ2v) is 3.90. The average molecular weight is 209 g/mol. The van der Waals surface area contributed by atoms with E-state index in [4.69, 9.17) is 0 Å². The minimum Gasteiger partial charge on any atom is -0.393 e. The first-order valence-electron chi connectivity index (χ1n) is 5.44. The number of hydrogen-bond acceptors (Lipinski definition) is 3. The van der Waals surface area contributed by atoms with Gasteiger partial charge in [-0.1, -0.05) is 13.3 Å². The Labute approximate surface area is 90.8 Å². The zero-order valence-electron chi connectivity index (χ0n) is 9.35. The minimum atomic E-state index is -0.525. The summed E-state index contributed by atoms with van der Waals surface area (Å²) in [5.74, 6) is 0. The Hall–Kier alpha value is -0.930. The molecule has 0 spiro atoms. The van der Waals surface area contributed by atoms with E-state index in [0.717, 1.165) is 24.0 Å². The predicted octanol–water partition coefficient (Wildman–Crippen LogP) is 1.84. The molecule has 0 fully saturated rings. The number of rotatable bonds is 5. The van der Waals surface area contributed by atoms with E-state index >= 15 is 0 Å². The number of nitrogens with zero attached hydrogens (tertiary/aromatic N) is 1. The standard InChI is InChI=1S/C12H19NO2/c1-3-4-11(15)7-10-5-6-13-8-12(10)9(2)14/h5-6,8-9,11,14-15H,3-4,7H2,1-2H3. The molecule has 0 aromatic carbocycles. The second-order valence-electron chi connectivity index (χ2n) is 3.90. The molecule has 0 aliphatic carbocycles. The number of pyridine rings is 1. The first-order chi connectivity index (χ1) is 7.15. The van der Waals surface area contributed by atoms with Crippen molar-refractivity contribution in [2.75, 3.05) is 0 Å². The summed E-state index contributed by atoms with van der Waals surface area (Å²) in [6, 6.07) is 1.86. The topological polar surface area (TPSA) is 53.4 Å². The summed E-state index contributed by atoms with van der Waals surface area (Å²) in [5, 5.41) is 19.2. The molecule has 1 rings (SSSR count). The Morgan fingerprint density at radius 1 is 1.40 bits per heavy atom. The van der Waals surface area contributed by atoms with Crippen LogP contribution in [0.15, 0.2) is 18.5 Å². The van der Waals surface area contributed by atoms with Gasteiger partial charge < -0.3 is 10.2 Å². The van der Waals surface area contributed by atoms with E-state index in [1.807, 2.05) is 13.0 Å². The van der Waals surface area contributed by atoms with Crippen LogP contribution in [0.25, 0.3) is 0 Å². The Morgan fingerprint density at radius 3 is 2.73 bits per heavy atom. The van der Waals surface area contributed by atoms with Crippen LogP contribution in [-0.2, 0) is 6.42 Å². The normalized spacial score (nSPS) is 14.9. The van der Waals surface area contributed by atoms with Crippen LogP contribution >= 0.6 is 0 Å². The molecule has 0 aliphatic rings. The van der Waals surface area contributed by atoms with E-state index in [1.54, 1.807) is 19.3 Å². The molecule has 2 atom stereocenters. The lowest BCUT2D eigenvalue weighted by atomic mass is 9.99. The Morgan fingerprint density at radius 2 is 2.13 bits per heavy atom. The minimum absolute atomic E-state index is 0.324. The maximum Gasteiger partial charge on any atom is 0.0779 e. The highest BCUT2D eigenvalue weighted by Gasteiger charge is 2.11. The predicted molar refractivity (Wildman–Crippen MR) is 59.5 cm³/mol. The quantitative estimate of drug-likeness (QED) is 0.778. The van der Waals surface area contributed by atoms with Crippen LogP contribution in [0, 0.1) is 0 Å². The molecule has 0 radical (unpaired) electrons. The summed E-state index contributed by atoms with van der Waals surface area (Å²) in [5.41, 5.74) is 1.80. The molecule has 0 amide bonds. The number of aliphatic hydroxyl groups excluding tert-OH is 2. The van der Waals surface area contributed by atoms with E-state index in [0.29, 0.717) is 6.42 Å². The SMILES string of the molecule is CCCC(O)Cc1ccncc1C(C)O. The molecule has 1 aromatic rings. The van der Waals surface area contributed by atoms with Gasteiger partial charge in [0, 0.05) is 18.0 Å². The summed E-state index contributed by atoms with van der Waals surface area (Å²) < 4.78 is 0. The zero-order valence-corrected chi connectivity index (χ0v) is 9.35. The van der Waals surface area contributed by atoms with Gasteiger partial charge in [-0.15, -0.1) is 0 Å². The van der Waals surface area contributed by atoms with Gasteiger partial charge in [0.05, 0.1) is 12.2 Å². The fourth-order valence-electron chi connectivity index (χ4n) is 1.69. The number of hydrogen-bond donors (Lipinski definition) is 2. The van der Waals surface area contributed by atoms with Gasteiger partial charge >= 0.3 is 0 Å². The first-order valence-corrected chi connectivity index (χ1v) is 5.44. The van der Waals surface area contributed by atoms with E-state index in [9.17, 15) is 10.2 Å². The molecule has 3 heteroatoms. The molecule has 84 valence electrons. The zero-order chi connectivity index (χ0) is 11.3. The Kier molecular flexibility index (Phi) is 4.72. The van der Waals surface area contributed by atoms with E-state index < -0.39 is 6.10 Å². The van der Waals surface area contributed by atoms with Gasteiger partial charge in [-0.2, -0.15) is 0 Å². The van der Waals surface area contributed by atoms with Crippen LogP contribution in [-0.4, -0.2) is 21.3 Å². The highest BCUT2D eigenvalue weighted by molar-refractivity contribution is 5.25. The van der Waals surface area contributed by atoms with Crippen LogP contribution in [0.5, 0.6) is 0 Å². The van der Waals surface area contributed by atoms with E-state index in [-0.39, 0.29) is 6.10 Å². The van der Waals surface area contributed by atoms with Crippen molar-refractivity contribution in [1.82, 2.24) is 4.98 Å². The van der Waals surface area contributed by atoms with E-state index in [1.165, 1.54) is 0 Å². The van der Waals surface area contributed by atoms with Crippen molar-refractivity contribution in [2.45, 2.75) is 45.3 Å². The lowest BCUT2D eigenvalue weighted by Gasteiger charge is -2.14. The van der Waals surface area contributed by atoms with Crippen molar-refractivity contribution in [1.29, 1.82) is 0 Å². The molecule has 15 heavy (non-hydrogen) atoms. The second kappa shape index (κ2) is 5.83. The molecule has 1 aromatic heterocycles. The molecular weight excluding hydrogens is 190 g/mol. The molecular formula is C12H19NO2. The van der Waals surface area contributed by atoms with Crippen LogP contribution in [0.4, 0.5) is 0 Å². The van der Waals surface area contributed by atoms with Gasteiger partial charge in [0.1, 0.15) is 0 Å². The van der Waals surface area contributed by atoms with Gasteiger partial charge in [-0.05, 0) is 31.4 Å². The third kappa shape index (κ3) is 3.61. The summed E-state index contributed by atoms with van der Waals surface area (Å²) in [6.45, 7) is 3.76. The van der Waals surface area contributed by atoms with Crippen molar-refractivity contribution in [3.8, 4) is 0 Å². The first kappa shape index (κ1) is 12.1. The summed E-state index contributed by atoms with van der Waals surface area (Å²) in [4.78, 5) is 3.98. The largest absolute Gasteiger partial charge is 0.393 e. The average Bonchev–Trinajstić information content (AvgIpc) is 2.18. The van der Waals surface area contributed by atoms with Crippen LogP contribution in [0.2, 0.25) is 0 Å². The molecule has 2 unspecified atom stereocenters. The molecule has 3 nitrogen and oxygen atoms in total. The van der Waals surface area contributed by atoms with Gasteiger partial charge in [-0.3, -0.25) is 4.98 Å². The smallest absolute Gasteiger partial charge is 0.0779 e. The molecule has 1 heterocycles. The number of aliphatic hydroxyl groups is 2. The third-order valence-electron chi connectivity index (χ3n) is 2.47. The fraction of sp³-hybridized carbons (Fsp3) is 0.583. The summed E-state index contributed by atoms with van der Waals surface area (Å²) >= 11 is 0. The molecule has 2 N–H and O–H groups in total. The molecule has 0 bridgehead atoms. The van der Waals surface area contributed by atoms with Gasteiger partial charge in [0.15, 0.2) is 0 Å². The van der Waals surface area contributed by atoms with Crippen molar-refractivity contribution in [3.63, 3.8) is 0 Å². The monoisotopic (exact) mass is 209 g/mol. The van der Waals surface area contributed by atoms with Gasteiger partial charge in [0.2, 0.25) is 0 Å². The lowest BCUT2D eigenvalue weighted by Crippen LogP contribution is -2.12. The van der Waals surface area contributed by atoms with Crippen molar-refractivity contribution in [3.05, 3.63) is 29.6 Å². The molecule has 0 aliphatic heterocycles. The maximum atomic E-state index is 9.71. The fourth-order valence-corrected chi connectivity index (χ4v) is 1.69. The Balaban J connectivity index is 2.75. The van der Waals surface area contributed by atoms with Crippen molar-refractivity contribution in [2.24, 2.45) is 0 Å².